The summed E-state index contributed by atoms with van der Waals surface area (Å²) in [6.07, 6.45) is 5.26. The summed E-state index contributed by atoms with van der Waals surface area (Å²) in [5.41, 5.74) is 0. The summed E-state index contributed by atoms with van der Waals surface area (Å²) < 4.78 is 0. The molecule has 0 radical (unpaired) electrons. The molecule has 0 spiro atoms. The van der Waals surface area contributed by atoms with E-state index in [9.17, 15) is 9.59 Å². The number of carboxylic acid groups (broad SMARTS) is 1. The Morgan fingerprint density at radius 2 is 1.64 bits per heavy atom. The fourth-order valence-electron chi connectivity index (χ4n) is 1.12. The predicted octanol–water partition coefficient (Wildman–Crippen LogP) is 2.69. The zero-order chi connectivity index (χ0) is 10.8. The zero-order valence-electron chi connectivity index (χ0n) is 8.62. The summed E-state index contributed by atoms with van der Waals surface area (Å²) in [5, 5.41) is 8.55. The minimum absolute atomic E-state index is 0.177. The molecule has 0 rings (SSSR count). The van der Waals surface area contributed by atoms with Crippen molar-refractivity contribution in [2.75, 3.05) is 5.75 Å². The summed E-state index contributed by atoms with van der Waals surface area (Å²) in [7, 11) is 0. The SMILES string of the molecule is CC(=O)SCCCCCCCC(=O)O. The molecule has 14 heavy (non-hydrogen) atoms. The summed E-state index contributed by atoms with van der Waals surface area (Å²) in [4.78, 5) is 20.7. The number of hydrogen-bond acceptors (Lipinski definition) is 3. The van der Waals surface area contributed by atoms with E-state index in [-0.39, 0.29) is 11.5 Å². The van der Waals surface area contributed by atoms with Gasteiger partial charge in [-0.15, -0.1) is 0 Å². The fourth-order valence-corrected chi connectivity index (χ4v) is 1.76. The lowest BCUT2D eigenvalue weighted by molar-refractivity contribution is -0.137. The summed E-state index contributed by atoms with van der Waals surface area (Å²) in [6, 6.07) is 0. The van der Waals surface area contributed by atoms with Gasteiger partial charge < -0.3 is 5.11 Å². The number of aliphatic carboxylic acids is 1. The lowest BCUT2D eigenvalue weighted by atomic mass is 10.1. The highest BCUT2D eigenvalue weighted by atomic mass is 32.2. The third-order valence-electron chi connectivity index (χ3n) is 1.84. The Labute approximate surface area is 89.3 Å². The van der Waals surface area contributed by atoms with E-state index >= 15 is 0 Å². The van der Waals surface area contributed by atoms with E-state index in [0.717, 1.165) is 37.9 Å². The van der Waals surface area contributed by atoms with Crippen molar-refractivity contribution in [3.05, 3.63) is 0 Å². The number of thioether (sulfide) groups is 1. The Balaban J connectivity index is 2.99. The van der Waals surface area contributed by atoms with E-state index in [1.165, 1.54) is 11.8 Å². The molecule has 4 heteroatoms. The lowest BCUT2D eigenvalue weighted by Gasteiger charge is -1.99. The fraction of sp³-hybridized carbons (Fsp3) is 0.800. The molecule has 0 aromatic carbocycles. The number of carbonyl (C=O) groups excluding carboxylic acids is 1. The monoisotopic (exact) mass is 218 g/mol. The van der Waals surface area contributed by atoms with Crippen molar-refractivity contribution >= 4 is 22.8 Å². The molecule has 0 aromatic rings. The third kappa shape index (κ3) is 11.5. The molecule has 0 aromatic heterocycles. The minimum Gasteiger partial charge on any atom is -0.481 e. The molecule has 0 amide bonds. The van der Waals surface area contributed by atoms with Crippen molar-refractivity contribution in [2.45, 2.75) is 45.4 Å². The van der Waals surface area contributed by atoms with Crippen LogP contribution in [0.15, 0.2) is 0 Å². The zero-order valence-corrected chi connectivity index (χ0v) is 9.44. The Bertz CT molecular complexity index is 160. The van der Waals surface area contributed by atoms with Gasteiger partial charge >= 0.3 is 5.97 Å². The number of carboxylic acids is 1. The van der Waals surface area contributed by atoms with Gasteiger partial charge in [-0.05, 0) is 12.8 Å². The Morgan fingerprint density at radius 3 is 2.21 bits per heavy atom. The van der Waals surface area contributed by atoms with Crippen LogP contribution in [0, 0.1) is 0 Å². The van der Waals surface area contributed by atoms with Crippen molar-refractivity contribution in [3.8, 4) is 0 Å². The minimum atomic E-state index is -0.711. The lowest BCUT2D eigenvalue weighted by Crippen LogP contribution is -1.93. The van der Waals surface area contributed by atoms with E-state index in [1.54, 1.807) is 6.92 Å². The topological polar surface area (TPSA) is 54.4 Å². The van der Waals surface area contributed by atoms with Gasteiger partial charge in [0.1, 0.15) is 0 Å². The standard InChI is InChI=1S/C10H18O3S/c1-9(11)14-8-6-4-2-3-5-7-10(12)13/h2-8H2,1H3,(H,12,13). The highest BCUT2D eigenvalue weighted by molar-refractivity contribution is 8.13. The van der Waals surface area contributed by atoms with E-state index in [0.29, 0.717) is 0 Å². The van der Waals surface area contributed by atoms with Crippen LogP contribution in [0.5, 0.6) is 0 Å². The Kier molecular flexibility index (Phi) is 8.73. The molecule has 0 aliphatic rings. The molecule has 0 fully saturated rings. The summed E-state index contributed by atoms with van der Waals surface area (Å²) >= 11 is 1.37. The van der Waals surface area contributed by atoms with Crippen LogP contribution in [0.2, 0.25) is 0 Å². The van der Waals surface area contributed by atoms with E-state index in [2.05, 4.69) is 0 Å². The third-order valence-corrected chi connectivity index (χ3v) is 2.74. The molecule has 0 aliphatic heterocycles. The van der Waals surface area contributed by atoms with Crippen LogP contribution in [0.1, 0.15) is 45.4 Å². The number of hydrogen-bond donors (Lipinski definition) is 1. The van der Waals surface area contributed by atoms with Gasteiger partial charge in [0.25, 0.3) is 0 Å². The molecule has 1 N–H and O–H groups in total. The molecule has 82 valence electrons. The largest absolute Gasteiger partial charge is 0.481 e. The van der Waals surface area contributed by atoms with Gasteiger partial charge in [0.15, 0.2) is 5.12 Å². The molecule has 3 nitrogen and oxygen atoms in total. The average Bonchev–Trinajstić information content (AvgIpc) is 2.08. The molecule has 0 unspecified atom stereocenters. The van der Waals surface area contributed by atoms with Crippen molar-refractivity contribution in [1.29, 1.82) is 0 Å². The maximum Gasteiger partial charge on any atom is 0.303 e. The van der Waals surface area contributed by atoms with Gasteiger partial charge in [0.05, 0.1) is 0 Å². The van der Waals surface area contributed by atoms with Crippen LogP contribution < -0.4 is 0 Å². The van der Waals surface area contributed by atoms with Crippen LogP contribution in [0.25, 0.3) is 0 Å². The quantitative estimate of drug-likeness (QED) is 0.636. The van der Waals surface area contributed by atoms with E-state index in [1.807, 2.05) is 0 Å². The normalized spacial score (nSPS) is 10.1. The van der Waals surface area contributed by atoms with Crippen LogP contribution in [-0.4, -0.2) is 21.9 Å². The summed E-state index contributed by atoms with van der Waals surface area (Å²) in [5.74, 6) is 0.186. The Morgan fingerprint density at radius 1 is 1.07 bits per heavy atom. The second-order valence-electron chi connectivity index (χ2n) is 3.25. The number of unbranched alkanes of at least 4 members (excludes halogenated alkanes) is 4. The smallest absolute Gasteiger partial charge is 0.303 e. The first kappa shape index (κ1) is 13.5. The van der Waals surface area contributed by atoms with Crippen molar-refractivity contribution in [1.82, 2.24) is 0 Å². The highest BCUT2D eigenvalue weighted by Crippen LogP contribution is 2.09. The number of carbonyl (C=O) groups is 2. The van der Waals surface area contributed by atoms with Gasteiger partial charge in [-0.25, -0.2) is 0 Å². The molecular formula is C10H18O3S. The summed E-state index contributed by atoms with van der Waals surface area (Å²) in [6.45, 7) is 1.58. The average molecular weight is 218 g/mol. The molecule has 0 atom stereocenters. The first-order chi connectivity index (χ1) is 6.63. The van der Waals surface area contributed by atoms with Gasteiger partial charge in [-0.1, -0.05) is 31.0 Å². The molecular weight excluding hydrogens is 200 g/mol. The van der Waals surface area contributed by atoms with Crippen LogP contribution in [0.3, 0.4) is 0 Å². The van der Waals surface area contributed by atoms with Crippen molar-refractivity contribution in [2.24, 2.45) is 0 Å². The van der Waals surface area contributed by atoms with Gasteiger partial charge in [0, 0.05) is 19.1 Å². The van der Waals surface area contributed by atoms with Gasteiger partial charge in [-0.2, -0.15) is 0 Å². The second kappa shape index (κ2) is 9.06. The maximum absolute atomic E-state index is 10.6. The molecule has 0 aliphatic carbocycles. The highest BCUT2D eigenvalue weighted by Gasteiger charge is 1.97. The second-order valence-corrected chi connectivity index (χ2v) is 4.52. The van der Waals surface area contributed by atoms with Crippen molar-refractivity contribution < 1.29 is 14.7 Å². The van der Waals surface area contributed by atoms with Crippen LogP contribution >= 0.6 is 11.8 Å². The van der Waals surface area contributed by atoms with E-state index < -0.39 is 5.97 Å². The first-order valence-electron chi connectivity index (χ1n) is 4.98. The molecule has 0 heterocycles. The van der Waals surface area contributed by atoms with Gasteiger partial charge in [0.2, 0.25) is 0 Å². The first-order valence-corrected chi connectivity index (χ1v) is 5.96. The van der Waals surface area contributed by atoms with E-state index in [4.69, 9.17) is 5.11 Å². The predicted molar refractivity (Wildman–Crippen MR) is 58.5 cm³/mol. The van der Waals surface area contributed by atoms with Crippen LogP contribution in [0.4, 0.5) is 0 Å². The Hall–Kier alpha value is -0.510. The van der Waals surface area contributed by atoms with Crippen LogP contribution in [-0.2, 0) is 9.59 Å². The number of rotatable bonds is 8. The van der Waals surface area contributed by atoms with Crippen molar-refractivity contribution in [3.63, 3.8) is 0 Å². The maximum atomic E-state index is 10.6. The molecule has 0 saturated carbocycles. The van der Waals surface area contributed by atoms with Gasteiger partial charge in [-0.3, -0.25) is 9.59 Å². The molecule has 0 bridgehead atoms. The molecule has 0 saturated heterocycles.